The van der Waals surface area contributed by atoms with E-state index in [1.54, 1.807) is 0 Å². The number of halogens is 1. The van der Waals surface area contributed by atoms with E-state index in [1.165, 1.54) is 6.42 Å². The van der Waals surface area contributed by atoms with Crippen molar-refractivity contribution in [3.63, 3.8) is 0 Å². The van der Waals surface area contributed by atoms with Crippen molar-refractivity contribution in [1.82, 2.24) is 20.4 Å². The summed E-state index contributed by atoms with van der Waals surface area (Å²) >= 11 is 0. The van der Waals surface area contributed by atoms with Crippen LogP contribution in [0.3, 0.4) is 0 Å². The summed E-state index contributed by atoms with van der Waals surface area (Å²) in [5.41, 5.74) is 1.59. The maximum atomic E-state index is 12.7. The van der Waals surface area contributed by atoms with Gasteiger partial charge in [0, 0.05) is 30.1 Å². The highest BCUT2D eigenvalue weighted by Gasteiger charge is 2.29. The van der Waals surface area contributed by atoms with Crippen LogP contribution in [0.2, 0.25) is 0 Å². The number of rotatable bonds is 6. The summed E-state index contributed by atoms with van der Waals surface area (Å²) in [6, 6.07) is 7.53. The van der Waals surface area contributed by atoms with Gasteiger partial charge in [0.15, 0.2) is 5.82 Å². The highest BCUT2D eigenvalue weighted by molar-refractivity contribution is 5.94. The molecule has 2 fully saturated rings. The molecule has 27 heavy (non-hydrogen) atoms. The second kappa shape index (κ2) is 8.85. The van der Waals surface area contributed by atoms with Crippen LogP contribution in [0, 0.1) is 5.92 Å². The van der Waals surface area contributed by atoms with Crippen molar-refractivity contribution in [1.29, 1.82) is 0 Å². The Balaban J connectivity index is 0.00000210. The molecule has 2 aliphatic rings. The van der Waals surface area contributed by atoms with E-state index in [0.29, 0.717) is 11.8 Å². The van der Waals surface area contributed by atoms with Gasteiger partial charge in [-0.25, -0.2) is 0 Å². The molecule has 1 aliphatic carbocycles. The summed E-state index contributed by atoms with van der Waals surface area (Å²) in [6.45, 7) is 2.75. The zero-order valence-corrected chi connectivity index (χ0v) is 16.5. The van der Waals surface area contributed by atoms with Gasteiger partial charge in [-0.05, 0) is 75.9 Å². The van der Waals surface area contributed by atoms with E-state index in [1.807, 2.05) is 36.2 Å². The Kier molecular flexibility index (Phi) is 6.50. The SMILES string of the molecule is CNCCC1CCN(C(=O)c2ccc(-c3nc(C4CC4)no3)cc2)CC1.Cl. The molecule has 0 unspecified atom stereocenters. The number of benzene rings is 1. The van der Waals surface area contributed by atoms with Crippen LogP contribution in [0.15, 0.2) is 28.8 Å². The van der Waals surface area contributed by atoms with E-state index in [9.17, 15) is 4.79 Å². The monoisotopic (exact) mass is 390 g/mol. The van der Waals surface area contributed by atoms with E-state index < -0.39 is 0 Å². The second-order valence-corrected chi connectivity index (χ2v) is 7.44. The molecule has 1 aromatic carbocycles. The zero-order chi connectivity index (χ0) is 17.9. The van der Waals surface area contributed by atoms with Crippen LogP contribution in [-0.2, 0) is 0 Å². The fraction of sp³-hybridized carbons (Fsp3) is 0.550. The van der Waals surface area contributed by atoms with E-state index in [4.69, 9.17) is 4.52 Å². The summed E-state index contributed by atoms with van der Waals surface area (Å²) in [4.78, 5) is 19.2. The predicted molar refractivity (Wildman–Crippen MR) is 106 cm³/mol. The maximum absolute atomic E-state index is 12.7. The Labute approximate surface area is 166 Å². The van der Waals surface area contributed by atoms with Gasteiger partial charge in [-0.2, -0.15) is 4.98 Å². The van der Waals surface area contributed by atoms with E-state index in [2.05, 4.69) is 15.5 Å². The Morgan fingerprint density at radius 2 is 1.89 bits per heavy atom. The van der Waals surface area contributed by atoms with Crippen LogP contribution in [0.5, 0.6) is 0 Å². The largest absolute Gasteiger partial charge is 0.339 e. The van der Waals surface area contributed by atoms with Crippen molar-refractivity contribution in [3.8, 4) is 11.5 Å². The van der Waals surface area contributed by atoms with Gasteiger partial charge in [-0.15, -0.1) is 12.4 Å². The van der Waals surface area contributed by atoms with Crippen molar-refractivity contribution in [2.75, 3.05) is 26.7 Å². The topological polar surface area (TPSA) is 71.3 Å². The molecule has 146 valence electrons. The first-order valence-electron chi connectivity index (χ1n) is 9.62. The molecule has 2 aromatic rings. The van der Waals surface area contributed by atoms with Gasteiger partial charge in [0.05, 0.1) is 0 Å². The van der Waals surface area contributed by atoms with Crippen molar-refractivity contribution < 1.29 is 9.32 Å². The first-order chi connectivity index (χ1) is 12.7. The minimum atomic E-state index is 0. The van der Waals surface area contributed by atoms with Crippen LogP contribution >= 0.6 is 12.4 Å². The van der Waals surface area contributed by atoms with Gasteiger partial charge in [-0.1, -0.05) is 5.16 Å². The summed E-state index contributed by atoms with van der Waals surface area (Å²) < 4.78 is 5.35. The van der Waals surface area contributed by atoms with Gasteiger partial charge in [-0.3, -0.25) is 4.79 Å². The fourth-order valence-electron chi connectivity index (χ4n) is 3.57. The minimum absolute atomic E-state index is 0. The summed E-state index contributed by atoms with van der Waals surface area (Å²) in [7, 11) is 1.99. The van der Waals surface area contributed by atoms with Crippen LogP contribution in [0.25, 0.3) is 11.5 Å². The molecule has 0 radical (unpaired) electrons. The number of nitrogens with zero attached hydrogens (tertiary/aromatic N) is 3. The normalized spacial score (nSPS) is 17.6. The van der Waals surface area contributed by atoms with Crippen molar-refractivity contribution in [2.45, 2.75) is 38.0 Å². The predicted octanol–water partition coefficient (Wildman–Crippen LogP) is 3.50. The molecule has 7 heteroatoms. The molecule has 1 saturated carbocycles. The van der Waals surface area contributed by atoms with Crippen molar-refractivity contribution >= 4 is 18.3 Å². The number of likely N-dealkylation sites (tertiary alicyclic amines) is 1. The molecule has 0 spiro atoms. The Morgan fingerprint density at radius 1 is 1.19 bits per heavy atom. The third kappa shape index (κ3) is 4.68. The Morgan fingerprint density at radius 3 is 2.52 bits per heavy atom. The lowest BCUT2D eigenvalue weighted by Gasteiger charge is -2.32. The first-order valence-corrected chi connectivity index (χ1v) is 9.62. The standard InChI is InChI=1S/C20H26N4O2.ClH/c1-21-11-8-14-9-12-24(13-10-14)20(25)17-6-4-16(5-7-17)19-22-18(23-26-19)15-2-3-15;/h4-7,14-15,21H,2-3,8-13H2,1H3;1H. The number of amides is 1. The number of carbonyl (C=O) groups is 1. The number of nitrogens with one attached hydrogen (secondary N) is 1. The summed E-state index contributed by atoms with van der Waals surface area (Å²) in [6.07, 6.45) is 5.69. The number of piperidine rings is 1. The highest BCUT2D eigenvalue weighted by Crippen LogP contribution is 2.38. The maximum Gasteiger partial charge on any atom is 0.257 e. The lowest BCUT2D eigenvalue weighted by Crippen LogP contribution is -2.38. The van der Waals surface area contributed by atoms with Gasteiger partial charge < -0.3 is 14.7 Å². The second-order valence-electron chi connectivity index (χ2n) is 7.44. The minimum Gasteiger partial charge on any atom is -0.339 e. The number of hydrogen-bond acceptors (Lipinski definition) is 5. The molecular formula is C20H27ClN4O2. The Bertz CT molecular complexity index is 750. The average molecular weight is 391 g/mol. The van der Waals surface area contributed by atoms with Gasteiger partial charge in [0.25, 0.3) is 11.8 Å². The van der Waals surface area contributed by atoms with Crippen molar-refractivity contribution in [2.24, 2.45) is 5.92 Å². The molecule has 0 atom stereocenters. The molecule has 6 nitrogen and oxygen atoms in total. The molecule has 1 saturated heterocycles. The van der Waals surface area contributed by atoms with Crippen LogP contribution in [0.1, 0.15) is 54.2 Å². The summed E-state index contributed by atoms with van der Waals surface area (Å²) in [5, 5.41) is 7.25. The highest BCUT2D eigenvalue weighted by atomic mass is 35.5. The molecule has 1 aromatic heterocycles. The molecule has 0 bridgehead atoms. The Hall–Kier alpha value is -1.92. The molecule has 1 N–H and O–H groups in total. The molecule has 4 rings (SSSR count). The van der Waals surface area contributed by atoms with E-state index >= 15 is 0 Å². The fourth-order valence-corrected chi connectivity index (χ4v) is 3.57. The van der Waals surface area contributed by atoms with Gasteiger partial charge in [0.1, 0.15) is 0 Å². The number of hydrogen-bond donors (Lipinski definition) is 1. The average Bonchev–Trinajstić information content (AvgIpc) is 3.43. The van der Waals surface area contributed by atoms with Crippen LogP contribution in [0.4, 0.5) is 0 Å². The lowest BCUT2D eigenvalue weighted by molar-refractivity contribution is 0.0687. The van der Waals surface area contributed by atoms with Crippen LogP contribution in [-0.4, -0.2) is 47.6 Å². The van der Waals surface area contributed by atoms with E-state index in [-0.39, 0.29) is 18.3 Å². The van der Waals surface area contributed by atoms with Crippen molar-refractivity contribution in [3.05, 3.63) is 35.7 Å². The lowest BCUT2D eigenvalue weighted by atomic mass is 9.93. The molecular weight excluding hydrogens is 364 g/mol. The smallest absolute Gasteiger partial charge is 0.257 e. The zero-order valence-electron chi connectivity index (χ0n) is 15.7. The van der Waals surface area contributed by atoms with Gasteiger partial charge >= 0.3 is 0 Å². The molecule has 2 heterocycles. The quantitative estimate of drug-likeness (QED) is 0.817. The third-order valence-corrected chi connectivity index (χ3v) is 5.47. The van der Waals surface area contributed by atoms with Crippen LogP contribution < -0.4 is 5.32 Å². The number of carbonyl (C=O) groups excluding carboxylic acids is 1. The molecule has 1 aliphatic heterocycles. The molecule has 1 amide bonds. The number of aromatic nitrogens is 2. The summed E-state index contributed by atoms with van der Waals surface area (Å²) in [5.74, 6) is 2.67. The third-order valence-electron chi connectivity index (χ3n) is 5.47. The van der Waals surface area contributed by atoms with Gasteiger partial charge in [0.2, 0.25) is 0 Å². The van der Waals surface area contributed by atoms with E-state index in [0.717, 1.165) is 68.2 Å². The first kappa shape index (κ1) is 19.8.